The van der Waals surface area contributed by atoms with Crippen molar-refractivity contribution in [1.29, 1.82) is 0 Å². The number of esters is 1. The highest BCUT2D eigenvalue weighted by molar-refractivity contribution is 5.95. The molecule has 0 bridgehead atoms. The van der Waals surface area contributed by atoms with Crippen molar-refractivity contribution in [2.45, 2.75) is 109 Å². The van der Waals surface area contributed by atoms with Crippen molar-refractivity contribution in [2.24, 2.45) is 5.41 Å². The number of carbonyl (C=O) groups excluding carboxylic acids is 4. The standard InChI is InChI=1S/C42H51N3O8/c1-26-15-17-27(18-16-26)23-33(37(48)45-42(38(49)50)21-19-41(5,6)20-22-42)43-36(47)34(24-35(46)53-40(2,3)4)44-39(51)52-25-32-30-13-9-7-11-28(30)29-12-8-10-14-31(29)32/h7-18,32-34H,19-25H2,1-6H3,(H,43,47)(H,44,51)(H,45,48)(H,49,50)/t33-,34+/m1/s1. The van der Waals surface area contributed by atoms with E-state index in [9.17, 15) is 29.1 Å². The van der Waals surface area contributed by atoms with Gasteiger partial charge in [-0.1, -0.05) is 92.2 Å². The van der Waals surface area contributed by atoms with Crippen molar-refractivity contribution in [3.8, 4) is 11.1 Å². The van der Waals surface area contributed by atoms with Gasteiger partial charge in [0.15, 0.2) is 0 Å². The maximum atomic E-state index is 14.0. The fourth-order valence-electron chi connectivity index (χ4n) is 7.05. The van der Waals surface area contributed by atoms with Crippen molar-refractivity contribution in [2.75, 3.05) is 6.61 Å². The van der Waals surface area contributed by atoms with Gasteiger partial charge in [-0.15, -0.1) is 0 Å². The molecule has 11 nitrogen and oxygen atoms in total. The third kappa shape index (κ3) is 9.82. The number of carboxylic acid groups (broad SMARTS) is 1. The number of carbonyl (C=O) groups is 5. The number of hydrogen-bond acceptors (Lipinski definition) is 7. The first-order chi connectivity index (χ1) is 24.9. The molecule has 1 fully saturated rings. The largest absolute Gasteiger partial charge is 0.480 e. The van der Waals surface area contributed by atoms with Crippen molar-refractivity contribution in [1.82, 2.24) is 16.0 Å². The number of benzene rings is 3. The van der Waals surface area contributed by atoms with Crippen LogP contribution in [0.2, 0.25) is 0 Å². The summed E-state index contributed by atoms with van der Waals surface area (Å²) in [7, 11) is 0. The molecule has 3 aromatic carbocycles. The molecule has 5 rings (SSSR count). The fourth-order valence-corrected chi connectivity index (χ4v) is 7.05. The average molecular weight is 726 g/mol. The zero-order chi connectivity index (χ0) is 38.6. The van der Waals surface area contributed by atoms with Gasteiger partial charge < -0.3 is 30.5 Å². The second kappa shape index (κ2) is 15.8. The van der Waals surface area contributed by atoms with Crippen LogP contribution in [0.25, 0.3) is 11.1 Å². The summed E-state index contributed by atoms with van der Waals surface area (Å²) >= 11 is 0. The van der Waals surface area contributed by atoms with E-state index in [1.165, 1.54) is 0 Å². The quantitative estimate of drug-likeness (QED) is 0.161. The lowest BCUT2D eigenvalue weighted by atomic mass is 9.69. The predicted octanol–water partition coefficient (Wildman–Crippen LogP) is 6.20. The summed E-state index contributed by atoms with van der Waals surface area (Å²) in [5.74, 6) is -3.63. The summed E-state index contributed by atoms with van der Waals surface area (Å²) in [4.78, 5) is 67.0. The topological polar surface area (TPSA) is 160 Å². The smallest absolute Gasteiger partial charge is 0.407 e. The third-order valence-electron chi connectivity index (χ3n) is 10.2. The van der Waals surface area contributed by atoms with Crippen LogP contribution in [0.4, 0.5) is 4.79 Å². The van der Waals surface area contributed by atoms with Gasteiger partial charge in [-0.3, -0.25) is 14.4 Å². The monoisotopic (exact) mass is 725 g/mol. The molecule has 282 valence electrons. The number of alkyl carbamates (subject to hydrolysis) is 1. The molecule has 2 aliphatic carbocycles. The van der Waals surface area contributed by atoms with E-state index in [4.69, 9.17) is 9.47 Å². The van der Waals surface area contributed by atoms with Gasteiger partial charge in [-0.25, -0.2) is 9.59 Å². The highest BCUT2D eigenvalue weighted by atomic mass is 16.6. The average Bonchev–Trinajstić information content (AvgIpc) is 3.41. The van der Waals surface area contributed by atoms with Gasteiger partial charge in [-0.2, -0.15) is 0 Å². The van der Waals surface area contributed by atoms with Crippen molar-refractivity contribution < 1.29 is 38.6 Å². The molecule has 2 atom stereocenters. The van der Waals surface area contributed by atoms with Crippen molar-refractivity contribution in [3.63, 3.8) is 0 Å². The van der Waals surface area contributed by atoms with Crippen LogP contribution in [0.1, 0.15) is 94.9 Å². The molecular weight excluding hydrogens is 674 g/mol. The molecule has 0 heterocycles. The summed E-state index contributed by atoms with van der Waals surface area (Å²) in [6.45, 7) is 11.1. The van der Waals surface area contributed by atoms with E-state index >= 15 is 0 Å². The van der Waals surface area contributed by atoms with Gasteiger partial charge in [-0.05, 0) is 86.6 Å². The maximum Gasteiger partial charge on any atom is 0.407 e. The van der Waals surface area contributed by atoms with Crippen LogP contribution in [0.5, 0.6) is 0 Å². The van der Waals surface area contributed by atoms with Crippen molar-refractivity contribution >= 4 is 29.8 Å². The minimum Gasteiger partial charge on any atom is -0.480 e. The van der Waals surface area contributed by atoms with Crippen LogP contribution in [0.15, 0.2) is 72.8 Å². The number of hydrogen-bond donors (Lipinski definition) is 4. The lowest BCUT2D eigenvalue weighted by Crippen LogP contribution is -2.62. The summed E-state index contributed by atoms with van der Waals surface area (Å²) in [6.07, 6.45) is 0.217. The first kappa shape index (κ1) is 39.0. The predicted molar refractivity (Wildman–Crippen MR) is 200 cm³/mol. The van der Waals surface area contributed by atoms with Gasteiger partial charge in [0.2, 0.25) is 11.8 Å². The van der Waals surface area contributed by atoms with Gasteiger partial charge in [0.25, 0.3) is 0 Å². The Morgan fingerprint density at radius 1 is 0.792 bits per heavy atom. The van der Waals surface area contributed by atoms with Crippen LogP contribution < -0.4 is 16.0 Å². The molecule has 0 aromatic heterocycles. The Morgan fingerprint density at radius 2 is 1.36 bits per heavy atom. The first-order valence-corrected chi connectivity index (χ1v) is 18.2. The summed E-state index contributed by atoms with van der Waals surface area (Å²) in [6, 6.07) is 20.5. The lowest BCUT2D eigenvalue weighted by Gasteiger charge is -2.41. The Balaban J connectivity index is 1.35. The molecule has 3 aromatic rings. The molecular formula is C42H51N3O8. The Morgan fingerprint density at radius 3 is 1.91 bits per heavy atom. The Labute approximate surface area is 311 Å². The minimum absolute atomic E-state index is 0.0207. The van der Waals surface area contributed by atoms with Crippen LogP contribution in [-0.4, -0.2) is 64.8 Å². The number of carboxylic acids is 1. The molecule has 1 saturated carbocycles. The molecule has 53 heavy (non-hydrogen) atoms. The molecule has 0 unspecified atom stereocenters. The second-order valence-electron chi connectivity index (χ2n) is 16.1. The van der Waals surface area contributed by atoms with Crippen LogP contribution in [-0.2, 0) is 35.1 Å². The van der Waals surface area contributed by atoms with E-state index in [0.29, 0.717) is 12.8 Å². The number of fused-ring (bicyclic) bond motifs is 3. The zero-order valence-corrected chi connectivity index (χ0v) is 31.4. The normalized spacial score (nSPS) is 16.9. The van der Waals surface area contributed by atoms with E-state index < -0.39 is 59.5 Å². The molecule has 4 N–H and O–H groups in total. The second-order valence-corrected chi connectivity index (χ2v) is 16.1. The molecule has 0 spiro atoms. The maximum absolute atomic E-state index is 14.0. The van der Waals surface area contributed by atoms with E-state index in [1.807, 2.05) is 79.7 Å². The van der Waals surface area contributed by atoms with Crippen LogP contribution in [0, 0.1) is 12.3 Å². The molecule has 2 aliphatic rings. The van der Waals surface area contributed by atoms with Gasteiger partial charge in [0.05, 0.1) is 6.42 Å². The SMILES string of the molecule is Cc1ccc(C[C@@H](NC(=O)[C@H](CC(=O)OC(C)(C)C)NC(=O)OCC2c3ccccc3-c3ccccc32)C(=O)NC2(C(=O)O)CCC(C)(C)CC2)cc1. The minimum atomic E-state index is -1.50. The zero-order valence-electron chi connectivity index (χ0n) is 31.4. The Kier molecular flexibility index (Phi) is 11.6. The van der Waals surface area contributed by atoms with E-state index in [2.05, 4.69) is 29.8 Å². The highest BCUT2D eigenvalue weighted by Gasteiger charge is 2.46. The van der Waals surface area contributed by atoms with E-state index in [-0.39, 0.29) is 37.2 Å². The van der Waals surface area contributed by atoms with Gasteiger partial charge in [0, 0.05) is 12.3 Å². The third-order valence-corrected chi connectivity index (χ3v) is 10.2. The molecule has 0 saturated heterocycles. The van der Waals surface area contributed by atoms with Gasteiger partial charge in [0.1, 0.15) is 29.8 Å². The summed E-state index contributed by atoms with van der Waals surface area (Å²) in [5, 5.41) is 18.3. The number of aryl methyl sites for hydroxylation is 1. The Hall–Kier alpha value is -5.19. The number of aliphatic carboxylic acids is 1. The fraction of sp³-hybridized carbons (Fsp3) is 0.452. The molecule has 0 radical (unpaired) electrons. The van der Waals surface area contributed by atoms with Crippen molar-refractivity contribution in [3.05, 3.63) is 95.1 Å². The van der Waals surface area contributed by atoms with Crippen LogP contribution in [0.3, 0.4) is 0 Å². The van der Waals surface area contributed by atoms with Gasteiger partial charge >= 0.3 is 18.0 Å². The van der Waals surface area contributed by atoms with E-state index in [0.717, 1.165) is 33.4 Å². The first-order valence-electron chi connectivity index (χ1n) is 18.2. The molecule has 3 amide bonds. The molecule has 11 heteroatoms. The highest BCUT2D eigenvalue weighted by Crippen LogP contribution is 2.44. The van der Waals surface area contributed by atoms with Crippen LogP contribution >= 0.6 is 0 Å². The molecule has 0 aliphatic heterocycles. The summed E-state index contributed by atoms with van der Waals surface area (Å²) in [5.41, 5.74) is 3.41. The summed E-state index contributed by atoms with van der Waals surface area (Å²) < 4.78 is 11.2. The lowest BCUT2D eigenvalue weighted by molar-refractivity contribution is -0.156. The number of rotatable bonds is 12. The number of amides is 3. The number of ether oxygens (including phenoxy) is 2. The Bertz CT molecular complexity index is 1790. The van der Waals surface area contributed by atoms with E-state index in [1.54, 1.807) is 20.8 Å². The number of nitrogens with one attached hydrogen (secondary N) is 3.